The van der Waals surface area contributed by atoms with Crippen LogP contribution in [0.4, 0.5) is 0 Å². The average molecular weight is 215 g/mol. The molecule has 56 valence electrons. The van der Waals surface area contributed by atoms with Gasteiger partial charge in [-0.2, -0.15) is 0 Å². The first-order valence-electron chi connectivity index (χ1n) is 2.69. The predicted molar refractivity (Wildman–Crippen MR) is 46.4 cm³/mol. The molecule has 2 nitrogen and oxygen atoms in total. The number of hydrogen-bond donors (Lipinski definition) is 1. The lowest BCUT2D eigenvalue weighted by Crippen LogP contribution is -1.93. The molecule has 0 aliphatic rings. The van der Waals surface area contributed by atoms with Gasteiger partial charge >= 0.3 is 5.97 Å². The minimum atomic E-state index is -0.691. The van der Waals surface area contributed by atoms with E-state index in [9.17, 15) is 4.79 Å². The average Bonchev–Trinajstić information content (AvgIpc) is 1.66. The van der Waals surface area contributed by atoms with E-state index < -0.39 is 5.97 Å². The summed E-state index contributed by atoms with van der Waals surface area (Å²) in [4.78, 5) is 9.87. The second kappa shape index (κ2) is 8.38. The van der Waals surface area contributed by atoms with Gasteiger partial charge in [-0.3, -0.25) is 4.79 Å². The highest BCUT2D eigenvalue weighted by Crippen LogP contribution is 1.97. The Morgan fingerprint density at radius 1 is 1.44 bits per heavy atom. The molecule has 0 bridgehead atoms. The van der Waals surface area contributed by atoms with Crippen molar-refractivity contribution in [2.45, 2.75) is 19.3 Å². The summed E-state index contributed by atoms with van der Waals surface area (Å²) in [5.74, 6) is -0.691. The number of carboxylic acid groups (broad SMARTS) is 1. The Hall–Kier alpha value is 0.380. The first kappa shape index (κ1) is 12.1. The maximum absolute atomic E-state index is 9.87. The maximum Gasteiger partial charge on any atom is 0.303 e. The molecule has 0 aliphatic heterocycles. The van der Waals surface area contributed by atoms with E-state index >= 15 is 0 Å². The lowest BCUT2D eigenvalue weighted by atomic mass is 10.3. The summed E-state index contributed by atoms with van der Waals surface area (Å²) in [7, 11) is 2.57. The minimum absolute atomic E-state index is 0. The van der Waals surface area contributed by atoms with E-state index in [1.54, 1.807) is 0 Å². The third kappa shape index (κ3) is 11.8. The predicted octanol–water partition coefficient (Wildman–Crippen LogP) is 1.69. The van der Waals surface area contributed by atoms with Crippen molar-refractivity contribution in [1.29, 1.82) is 0 Å². The van der Waals surface area contributed by atoms with Crippen LogP contribution in [0, 0.1) is 0 Å². The summed E-state index contributed by atoms with van der Waals surface area (Å²) >= 11 is 0. The Morgan fingerprint density at radius 2 is 2.00 bits per heavy atom. The van der Waals surface area contributed by atoms with Gasteiger partial charge < -0.3 is 5.11 Å². The van der Waals surface area contributed by atoms with E-state index in [0.717, 1.165) is 19.0 Å². The maximum atomic E-state index is 9.87. The zero-order valence-electron chi connectivity index (χ0n) is 5.17. The summed E-state index contributed by atoms with van der Waals surface area (Å²) in [6.45, 7) is 0. The third-order valence-corrected chi connectivity index (χ3v) is 1.25. The highest BCUT2D eigenvalue weighted by molar-refractivity contribution is 8.93. The van der Waals surface area contributed by atoms with E-state index in [2.05, 4.69) is 9.24 Å². The smallest absolute Gasteiger partial charge is 0.303 e. The second-order valence-electron chi connectivity index (χ2n) is 1.64. The van der Waals surface area contributed by atoms with Crippen molar-refractivity contribution < 1.29 is 9.90 Å². The standard InChI is InChI=1S/C5H11O2P.BrH/c6-5(7)3-1-2-4-8;/h1-4,8H2,(H,6,7);1H. The van der Waals surface area contributed by atoms with Crippen molar-refractivity contribution in [3.05, 3.63) is 0 Å². The van der Waals surface area contributed by atoms with Crippen LogP contribution >= 0.6 is 26.2 Å². The van der Waals surface area contributed by atoms with E-state index in [-0.39, 0.29) is 17.0 Å². The molecule has 0 rings (SSSR count). The molecule has 4 heteroatoms. The normalized spacial score (nSPS) is 8.11. The molecule has 0 saturated heterocycles. The van der Waals surface area contributed by atoms with Gasteiger partial charge in [0.25, 0.3) is 0 Å². The van der Waals surface area contributed by atoms with Gasteiger partial charge in [-0.25, -0.2) is 0 Å². The Balaban J connectivity index is 0. The SMILES string of the molecule is Br.O=C(O)CCCCP. The Labute approximate surface area is 68.0 Å². The fraction of sp³-hybridized carbons (Fsp3) is 0.800. The molecule has 0 heterocycles. The fourth-order valence-electron chi connectivity index (χ4n) is 0.421. The molecular weight excluding hydrogens is 203 g/mol. The molecule has 0 amide bonds. The van der Waals surface area contributed by atoms with Crippen molar-refractivity contribution in [2.75, 3.05) is 6.16 Å². The van der Waals surface area contributed by atoms with E-state index in [4.69, 9.17) is 5.11 Å². The van der Waals surface area contributed by atoms with E-state index in [1.165, 1.54) is 0 Å². The molecule has 0 saturated carbocycles. The molecule has 0 aromatic rings. The number of hydrogen-bond acceptors (Lipinski definition) is 1. The number of aliphatic carboxylic acids is 1. The lowest BCUT2D eigenvalue weighted by molar-refractivity contribution is -0.137. The Bertz CT molecular complexity index is 77.4. The van der Waals surface area contributed by atoms with Crippen LogP contribution in [0.2, 0.25) is 0 Å². The zero-order valence-corrected chi connectivity index (χ0v) is 8.04. The monoisotopic (exact) mass is 214 g/mol. The summed E-state index contributed by atoms with van der Waals surface area (Å²) in [6.07, 6.45) is 3.12. The zero-order chi connectivity index (χ0) is 6.41. The van der Waals surface area contributed by atoms with Gasteiger partial charge in [0.05, 0.1) is 0 Å². The molecule has 0 spiro atoms. The first-order valence-corrected chi connectivity index (χ1v) is 3.51. The molecule has 1 atom stereocenters. The summed E-state index contributed by atoms with van der Waals surface area (Å²) in [6, 6.07) is 0. The molecule has 0 fully saturated rings. The summed E-state index contributed by atoms with van der Waals surface area (Å²) in [5, 5.41) is 8.13. The fourth-order valence-corrected chi connectivity index (χ4v) is 0.709. The van der Waals surface area contributed by atoms with Crippen LogP contribution in [-0.2, 0) is 4.79 Å². The Kier molecular flexibility index (Phi) is 11.3. The van der Waals surface area contributed by atoms with Crippen molar-refractivity contribution in [1.82, 2.24) is 0 Å². The third-order valence-electron chi connectivity index (χ3n) is 0.845. The van der Waals surface area contributed by atoms with Crippen LogP contribution < -0.4 is 0 Å². The first-order chi connectivity index (χ1) is 3.77. The van der Waals surface area contributed by atoms with E-state index in [0.29, 0.717) is 6.42 Å². The largest absolute Gasteiger partial charge is 0.481 e. The Morgan fingerprint density at radius 3 is 2.33 bits per heavy atom. The van der Waals surface area contributed by atoms with Crippen molar-refractivity contribution in [3.8, 4) is 0 Å². The number of rotatable bonds is 4. The molecule has 0 aliphatic carbocycles. The molecular formula is C5H12BrO2P. The molecule has 1 N–H and O–H groups in total. The van der Waals surface area contributed by atoms with E-state index in [1.807, 2.05) is 0 Å². The van der Waals surface area contributed by atoms with Crippen molar-refractivity contribution in [2.24, 2.45) is 0 Å². The van der Waals surface area contributed by atoms with Crippen molar-refractivity contribution in [3.63, 3.8) is 0 Å². The molecule has 9 heavy (non-hydrogen) atoms. The van der Waals surface area contributed by atoms with Crippen LogP contribution in [0.25, 0.3) is 0 Å². The summed E-state index contributed by atoms with van der Waals surface area (Å²) in [5.41, 5.74) is 0. The van der Waals surface area contributed by atoms with Gasteiger partial charge in [-0.15, -0.1) is 26.2 Å². The van der Waals surface area contributed by atoms with Crippen LogP contribution in [0.1, 0.15) is 19.3 Å². The van der Waals surface area contributed by atoms with Gasteiger partial charge in [0.2, 0.25) is 0 Å². The second-order valence-corrected chi connectivity index (χ2v) is 2.22. The van der Waals surface area contributed by atoms with Crippen molar-refractivity contribution >= 4 is 32.2 Å². The molecule has 1 unspecified atom stereocenters. The van der Waals surface area contributed by atoms with Gasteiger partial charge in [-0.1, -0.05) is 0 Å². The lowest BCUT2D eigenvalue weighted by Gasteiger charge is -1.89. The van der Waals surface area contributed by atoms with Gasteiger partial charge in [0, 0.05) is 6.42 Å². The highest BCUT2D eigenvalue weighted by atomic mass is 79.9. The number of halogens is 1. The van der Waals surface area contributed by atoms with Gasteiger partial charge in [-0.05, 0) is 19.0 Å². The number of unbranched alkanes of at least 4 members (excludes halogenated alkanes) is 1. The molecule has 0 radical (unpaired) electrons. The van der Waals surface area contributed by atoms with Gasteiger partial charge in [0.1, 0.15) is 0 Å². The van der Waals surface area contributed by atoms with Gasteiger partial charge in [0.15, 0.2) is 0 Å². The van der Waals surface area contributed by atoms with Crippen LogP contribution in [0.5, 0.6) is 0 Å². The highest BCUT2D eigenvalue weighted by Gasteiger charge is 1.92. The topological polar surface area (TPSA) is 37.3 Å². The quantitative estimate of drug-likeness (QED) is 0.572. The molecule has 0 aromatic carbocycles. The summed E-state index contributed by atoms with van der Waals surface area (Å²) < 4.78 is 0. The number of carbonyl (C=O) groups is 1. The minimum Gasteiger partial charge on any atom is -0.481 e. The van der Waals surface area contributed by atoms with Crippen LogP contribution in [0.3, 0.4) is 0 Å². The molecule has 0 aromatic heterocycles. The number of carboxylic acids is 1. The van der Waals surface area contributed by atoms with Crippen LogP contribution in [-0.4, -0.2) is 17.2 Å². The van der Waals surface area contributed by atoms with Crippen LogP contribution in [0.15, 0.2) is 0 Å².